The van der Waals surface area contributed by atoms with Gasteiger partial charge < -0.3 is 24.8 Å². The molecule has 1 unspecified atom stereocenters. The standard InChI is InChI=1S/C21H24BrN5O6/c1-2-32-20(31)14-15-19(30)26(7-8-28)17(21(15)9-11(22)16(14)33-21)18(29)23-10-27-13-6-4-3-5-12(13)24-25-27/h3-6,11,14-17,28H,2,7-10H2,1H3,(H,23,29)/t11?,14-,15+,16-,17-,21+/m1/s1. The average molecular weight is 522 g/mol. The first kappa shape index (κ1) is 22.2. The van der Waals surface area contributed by atoms with Gasteiger partial charge in [-0.3, -0.25) is 14.4 Å². The van der Waals surface area contributed by atoms with Gasteiger partial charge in [-0.15, -0.1) is 5.10 Å². The first-order valence-electron chi connectivity index (χ1n) is 10.9. The molecule has 1 aromatic heterocycles. The first-order valence-corrected chi connectivity index (χ1v) is 11.8. The summed E-state index contributed by atoms with van der Waals surface area (Å²) in [6.07, 6.45) is -0.181. The molecule has 2 amide bonds. The van der Waals surface area contributed by atoms with Gasteiger partial charge in [0.15, 0.2) is 0 Å². The number of amides is 2. The van der Waals surface area contributed by atoms with Crippen molar-refractivity contribution in [3.63, 3.8) is 0 Å². The summed E-state index contributed by atoms with van der Waals surface area (Å²) in [5.41, 5.74) is 0.266. The number of carbonyl (C=O) groups is 3. The normalized spacial score (nSPS) is 32.4. The Balaban J connectivity index is 1.44. The summed E-state index contributed by atoms with van der Waals surface area (Å²) in [6, 6.07) is 6.36. The van der Waals surface area contributed by atoms with Crippen molar-refractivity contribution in [2.75, 3.05) is 19.8 Å². The van der Waals surface area contributed by atoms with Crippen LogP contribution in [0.15, 0.2) is 24.3 Å². The molecule has 3 aliphatic heterocycles. The number of alkyl halides is 1. The van der Waals surface area contributed by atoms with E-state index in [0.717, 1.165) is 5.52 Å². The lowest BCUT2D eigenvalue weighted by molar-refractivity contribution is -0.154. The second-order valence-corrected chi connectivity index (χ2v) is 9.62. The van der Waals surface area contributed by atoms with E-state index < -0.39 is 41.5 Å². The molecule has 176 valence electrons. The number of aliphatic hydroxyl groups excluding tert-OH is 1. The van der Waals surface area contributed by atoms with E-state index in [1.165, 1.54) is 4.90 Å². The summed E-state index contributed by atoms with van der Waals surface area (Å²) in [5.74, 6) is -2.98. The van der Waals surface area contributed by atoms with Crippen molar-refractivity contribution < 1.29 is 29.0 Å². The molecule has 2 aromatic rings. The van der Waals surface area contributed by atoms with Crippen molar-refractivity contribution in [1.82, 2.24) is 25.2 Å². The van der Waals surface area contributed by atoms with E-state index in [1.807, 2.05) is 24.3 Å². The molecule has 12 heteroatoms. The van der Waals surface area contributed by atoms with E-state index in [2.05, 4.69) is 31.6 Å². The average Bonchev–Trinajstić information content (AvgIpc) is 3.50. The third-order valence-corrected chi connectivity index (χ3v) is 7.61. The molecule has 0 radical (unpaired) electrons. The molecular formula is C21H24BrN5O6. The number of nitrogens with zero attached hydrogens (tertiary/aromatic N) is 4. The van der Waals surface area contributed by atoms with Crippen molar-refractivity contribution in [2.24, 2.45) is 11.8 Å². The van der Waals surface area contributed by atoms with E-state index >= 15 is 0 Å². The van der Waals surface area contributed by atoms with Crippen LogP contribution >= 0.6 is 15.9 Å². The van der Waals surface area contributed by atoms with Crippen LogP contribution in [0.1, 0.15) is 13.3 Å². The number of fused-ring (bicyclic) bond motifs is 2. The lowest BCUT2D eigenvalue weighted by Crippen LogP contribution is -2.56. The minimum absolute atomic E-state index is 0.0419. The third-order valence-electron chi connectivity index (χ3n) is 6.76. The van der Waals surface area contributed by atoms with Crippen molar-refractivity contribution in [3.8, 4) is 0 Å². The third kappa shape index (κ3) is 3.26. The summed E-state index contributed by atoms with van der Waals surface area (Å²) in [6.45, 7) is 1.56. The number of benzene rings is 1. The molecular weight excluding hydrogens is 498 g/mol. The Kier molecular flexibility index (Phi) is 5.61. The number of hydrogen-bond acceptors (Lipinski definition) is 8. The van der Waals surface area contributed by atoms with E-state index in [4.69, 9.17) is 9.47 Å². The highest BCUT2D eigenvalue weighted by Gasteiger charge is 2.76. The van der Waals surface area contributed by atoms with Gasteiger partial charge in [-0.1, -0.05) is 33.3 Å². The number of β-amino-alcohol motifs (C(OH)–C–C–N with tert-alkyl or cyclic N) is 1. The molecule has 0 aliphatic carbocycles. The number of likely N-dealkylation sites (tertiary alicyclic amines) is 1. The summed E-state index contributed by atoms with van der Waals surface area (Å²) >= 11 is 3.57. The van der Waals surface area contributed by atoms with Gasteiger partial charge in [0.25, 0.3) is 0 Å². The number of ether oxygens (including phenoxy) is 2. The van der Waals surface area contributed by atoms with Crippen LogP contribution in [0.4, 0.5) is 0 Å². The Morgan fingerprint density at radius 1 is 1.39 bits per heavy atom. The van der Waals surface area contributed by atoms with Crippen LogP contribution in [0.2, 0.25) is 0 Å². The monoisotopic (exact) mass is 521 g/mol. The topological polar surface area (TPSA) is 136 Å². The lowest BCUT2D eigenvalue weighted by atomic mass is 9.70. The molecule has 2 bridgehead atoms. The fourth-order valence-electron chi connectivity index (χ4n) is 5.57. The quantitative estimate of drug-likeness (QED) is 0.378. The summed E-state index contributed by atoms with van der Waals surface area (Å²) in [4.78, 5) is 40.8. The van der Waals surface area contributed by atoms with Crippen LogP contribution < -0.4 is 5.32 Å². The van der Waals surface area contributed by atoms with E-state index in [9.17, 15) is 19.5 Å². The molecule has 4 heterocycles. The summed E-state index contributed by atoms with van der Waals surface area (Å²) in [7, 11) is 0. The molecule has 33 heavy (non-hydrogen) atoms. The molecule has 3 fully saturated rings. The fourth-order valence-corrected chi connectivity index (χ4v) is 6.51. The minimum Gasteiger partial charge on any atom is -0.466 e. The number of aliphatic hydroxyl groups is 1. The van der Waals surface area contributed by atoms with Crippen molar-refractivity contribution in [2.45, 2.75) is 42.6 Å². The maximum absolute atomic E-state index is 13.5. The zero-order valence-electron chi connectivity index (χ0n) is 17.9. The first-order chi connectivity index (χ1) is 15.9. The number of aromatic nitrogens is 3. The number of hydrogen-bond donors (Lipinski definition) is 2. The molecule has 11 nitrogen and oxygen atoms in total. The molecule has 3 saturated heterocycles. The number of esters is 1. The van der Waals surface area contributed by atoms with Crippen LogP contribution in [0, 0.1) is 11.8 Å². The number of rotatable bonds is 7. The maximum Gasteiger partial charge on any atom is 0.312 e. The second kappa shape index (κ2) is 8.33. The Morgan fingerprint density at radius 2 is 2.18 bits per heavy atom. The highest BCUT2D eigenvalue weighted by molar-refractivity contribution is 9.09. The van der Waals surface area contributed by atoms with Crippen LogP contribution in [0.25, 0.3) is 11.0 Å². The lowest BCUT2D eigenvalue weighted by Gasteiger charge is -2.33. The minimum atomic E-state index is -1.18. The molecule has 1 spiro atoms. The van der Waals surface area contributed by atoms with Gasteiger partial charge in [0.1, 0.15) is 23.8 Å². The molecule has 1 aromatic carbocycles. The largest absolute Gasteiger partial charge is 0.466 e. The molecule has 2 N–H and O–H groups in total. The molecule has 5 rings (SSSR count). The van der Waals surface area contributed by atoms with Crippen molar-refractivity contribution in [1.29, 1.82) is 0 Å². The van der Waals surface area contributed by atoms with E-state index in [1.54, 1.807) is 11.6 Å². The van der Waals surface area contributed by atoms with Gasteiger partial charge >= 0.3 is 5.97 Å². The van der Waals surface area contributed by atoms with E-state index in [0.29, 0.717) is 11.9 Å². The number of halogens is 1. The van der Waals surface area contributed by atoms with Gasteiger partial charge in [-0.2, -0.15) is 0 Å². The molecule has 3 aliphatic rings. The SMILES string of the molecule is CCOC(=O)[C@H]1[C@@H]2O[C@@]3(CC2Br)[C@@H]1C(=O)N(CCO)[C@@H]3C(=O)NCn1nnc2ccccc21. The zero-order valence-corrected chi connectivity index (χ0v) is 19.5. The number of para-hydroxylation sites is 1. The Labute approximate surface area is 197 Å². The summed E-state index contributed by atoms with van der Waals surface area (Å²) < 4.78 is 13.1. The maximum atomic E-state index is 13.5. The Hall–Kier alpha value is -2.57. The van der Waals surface area contributed by atoms with Gasteiger partial charge in [-0.05, 0) is 25.5 Å². The van der Waals surface area contributed by atoms with E-state index in [-0.39, 0.29) is 37.2 Å². The van der Waals surface area contributed by atoms with Gasteiger partial charge in [0, 0.05) is 11.4 Å². The number of carbonyl (C=O) groups excluding carboxylic acids is 3. The van der Waals surface area contributed by atoms with Gasteiger partial charge in [0.05, 0.1) is 36.7 Å². The highest BCUT2D eigenvalue weighted by Crippen LogP contribution is 2.60. The smallest absolute Gasteiger partial charge is 0.312 e. The van der Waals surface area contributed by atoms with Gasteiger partial charge in [0.2, 0.25) is 11.8 Å². The molecule has 0 saturated carbocycles. The number of nitrogens with one attached hydrogen (secondary N) is 1. The zero-order chi connectivity index (χ0) is 23.3. The predicted molar refractivity (Wildman–Crippen MR) is 117 cm³/mol. The van der Waals surface area contributed by atoms with Crippen molar-refractivity contribution in [3.05, 3.63) is 24.3 Å². The van der Waals surface area contributed by atoms with Crippen LogP contribution in [0.3, 0.4) is 0 Å². The fraction of sp³-hybridized carbons (Fsp3) is 0.571. The predicted octanol–water partition coefficient (Wildman–Crippen LogP) is -0.192. The van der Waals surface area contributed by atoms with Gasteiger partial charge in [-0.25, -0.2) is 4.68 Å². The Bertz CT molecular complexity index is 1110. The van der Waals surface area contributed by atoms with Crippen LogP contribution in [0.5, 0.6) is 0 Å². The second-order valence-electron chi connectivity index (χ2n) is 8.45. The summed E-state index contributed by atoms with van der Waals surface area (Å²) in [5, 5.41) is 20.6. The van der Waals surface area contributed by atoms with Crippen LogP contribution in [-0.4, -0.2) is 85.1 Å². The highest BCUT2D eigenvalue weighted by atomic mass is 79.9. The molecule has 6 atom stereocenters. The van der Waals surface area contributed by atoms with Crippen molar-refractivity contribution >= 4 is 44.7 Å². The Morgan fingerprint density at radius 3 is 2.94 bits per heavy atom. The van der Waals surface area contributed by atoms with Crippen LogP contribution in [-0.2, 0) is 30.5 Å².